The molecule has 4 aliphatic heterocycles. The van der Waals surface area contributed by atoms with E-state index in [2.05, 4.69) is 22.5 Å². The van der Waals surface area contributed by atoms with E-state index >= 15 is 0 Å². The van der Waals surface area contributed by atoms with Crippen molar-refractivity contribution in [3.05, 3.63) is 0 Å². The Morgan fingerprint density at radius 3 is 2.32 bits per heavy atom. The molecule has 5 aliphatic rings. The highest BCUT2D eigenvalue weighted by Gasteiger charge is 2.56. The Labute approximate surface area is 298 Å². The summed E-state index contributed by atoms with van der Waals surface area (Å²) in [6.07, 6.45) is -0.686. The van der Waals surface area contributed by atoms with Crippen LogP contribution in [0.25, 0.3) is 0 Å². The lowest BCUT2D eigenvalue weighted by atomic mass is 9.77. The third-order valence-corrected chi connectivity index (χ3v) is 12.7. The number of aliphatic hydroxyl groups is 1. The SMILES string of the molecule is CC[C@H]1CN[C@H](C)[C@H]2NC(=O)O[C@]2(C)[C@@H](CC)OC(=O)C(C)C(=O)[C@H](C)[C@@H](OC2OC(CN3CC4CC4C3)CC(N(C)C)C2O)[C@](C)(OC)C1. The van der Waals surface area contributed by atoms with E-state index in [-0.39, 0.29) is 29.9 Å². The number of rotatable bonds is 8. The summed E-state index contributed by atoms with van der Waals surface area (Å²) in [5, 5.41) is 18.2. The third kappa shape index (κ3) is 8.04. The van der Waals surface area contributed by atoms with Gasteiger partial charge < -0.3 is 49.2 Å². The zero-order chi connectivity index (χ0) is 36.7. The first-order valence-electron chi connectivity index (χ1n) is 18.9. The van der Waals surface area contributed by atoms with Crippen molar-refractivity contribution in [2.45, 2.75) is 141 Å². The molecule has 4 heterocycles. The van der Waals surface area contributed by atoms with Crippen LogP contribution in [0.5, 0.6) is 0 Å². The van der Waals surface area contributed by atoms with Gasteiger partial charge in [0.15, 0.2) is 17.7 Å². The van der Waals surface area contributed by atoms with Crippen LogP contribution < -0.4 is 10.6 Å². The molecule has 0 bridgehead atoms. The quantitative estimate of drug-likeness (QED) is 0.252. The van der Waals surface area contributed by atoms with Crippen molar-refractivity contribution < 1.29 is 43.2 Å². The number of carbonyl (C=O) groups excluding carboxylic acids is 3. The normalized spacial score (nSPS) is 46.3. The Morgan fingerprint density at radius 1 is 1.04 bits per heavy atom. The van der Waals surface area contributed by atoms with Gasteiger partial charge in [0, 0.05) is 44.7 Å². The Kier molecular flexibility index (Phi) is 12.3. The summed E-state index contributed by atoms with van der Waals surface area (Å²) < 4.78 is 31.6. The lowest BCUT2D eigenvalue weighted by Gasteiger charge is -2.47. The summed E-state index contributed by atoms with van der Waals surface area (Å²) in [4.78, 5) is 45.1. The number of hydrogen-bond donors (Lipinski definition) is 3. The van der Waals surface area contributed by atoms with Gasteiger partial charge in [-0.15, -0.1) is 0 Å². The van der Waals surface area contributed by atoms with Crippen molar-refractivity contribution in [3.8, 4) is 0 Å². The molecule has 5 rings (SSSR count). The number of ketones is 1. The summed E-state index contributed by atoms with van der Waals surface area (Å²) in [5.41, 5.74) is -2.16. The van der Waals surface area contributed by atoms with Crippen LogP contribution >= 0.6 is 0 Å². The number of methoxy groups -OCH3 is 1. The Hall–Kier alpha value is -1.87. The molecule has 286 valence electrons. The van der Waals surface area contributed by atoms with Gasteiger partial charge in [0.25, 0.3) is 0 Å². The van der Waals surface area contributed by atoms with Crippen LogP contribution in [0.4, 0.5) is 4.79 Å². The maximum Gasteiger partial charge on any atom is 0.408 e. The minimum absolute atomic E-state index is 0.0866. The molecule has 0 aromatic heterocycles. The van der Waals surface area contributed by atoms with Gasteiger partial charge in [0.05, 0.1) is 23.9 Å². The van der Waals surface area contributed by atoms with E-state index in [9.17, 15) is 19.5 Å². The maximum atomic E-state index is 14.3. The van der Waals surface area contributed by atoms with Crippen molar-refractivity contribution in [3.63, 3.8) is 0 Å². The number of nitrogens with one attached hydrogen (secondary N) is 2. The van der Waals surface area contributed by atoms with Crippen LogP contribution in [-0.2, 0) is 33.3 Å². The molecule has 1 saturated carbocycles. The smallest absolute Gasteiger partial charge is 0.408 e. The average molecular weight is 709 g/mol. The monoisotopic (exact) mass is 708 g/mol. The molecule has 15 atom stereocenters. The van der Waals surface area contributed by atoms with Crippen LogP contribution in [0.3, 0.4) is 0 Å². The van der Waals surface area contributed by atoms with Crippen LogP contribution in [0.1, 0.15) is 80.6 Å². The Bertz CT molecular complexity index is 1210. The fraction of sp³-hybridized carbons (Fsp3) is 0.919. The Morgan fingerprint density at radius 2 is 1.72 bits per heavy atom. The summed E-state index contributed by atoms with van der Waals surface area (Å²) in [7, 11) is 5.53. The van der Waals surface area contributed by atoms with E-state index in [1.165, 1.54) is 6.42 Å². The van der Waals surface area contributed by atoms with E-state index < -0.39 is 65.7 Å². The molecule has 3 N–H and O–H groups in total. The van der Waals surface area contributed by atoms with E-state index in [0.717, 1.165) is 37.9 Å². The van der Waals surface area contributed by atoms with Crippen LogP contribution in [0, 0.1) is 29.6 Å². The van der Waals surface area contributed by atoms with Gasteiger partial charge >= 0.3 is 12.1 Å². The minimum Gasteiger partial charge on any atom is -0.458 e. The van der Waals surface area contributed by atoms with E-state index in [0.29, 0.717) is 25.8 Å². The molecule has 1 aliphatic carbocycles. The molecule has 5 fully saturated rings. The molecular formula is C37H64N4O9. The molecule has 0 aromatic rings. The lowest BCUT2D eigenvalue weighted by molar-refractivity contribution is -0.299. The molecule has 13 heteroatoms. The average Bonchev–Trinajstić information content (AvgIpc) is 3.56. The van der Waals surface area contributed by atoms with Crippen molar-refractivity contribution >= 4 is 17.8 Å². The zero-order valence-corrected chi connectivity index (χ0v) is 32.0. The summed E-state index contributed by atoms with van der Waals surface area (Å²) in [5.74, 6) is -1.34. The van der Waals surface area contributed by atoms with Gasteiger partial charge in [-0.2, -0.15) is 0 Å². The number of likely N-dealkylation sites (N-methyl/N-ethyl adjacent to an activating group) is 1. The number of carbonyl (C=O) groups is 3. The van der Waals surface area contributed by atoms with E-state index in [4.69, 9.17) is 23.7 Å². The number of aliphatic hydroxyl groups excluding tert-OH is 1. The fourth-order valence-electron chi connectivity index (χ4n) is 9.21. The maximum absolute atomic E-state index is 14.3. The molecule has 0 spiro atoms. The van der Waals surface area contributed by atoms with Crippen LogP contribution in [0.2, 0.25) is 0 Å². The highest BCUT2D eigenvalue weighted by atomic mass is 16.7. The summed E-state index contributed by atoms with van der Waals surface area (Å²) >= 11 is 0. The standard InChI is InChI=1S/C37H64N4O9/c1-11-23-15-36(6,46-10)32(49-34-30(43)27(40(8)9)14-26(47-34)19-41-17-24-13-25(24)18-41)20(3)29(42)21(4)33(44)48-28(12-2)37(7)31(22(5)38-16-23)39-35(45)50-37/h20-28,30-32,34,38,43H,11-19H2,1-10H3,(H,39,45)/t20-,21?,22+,23+,24?,25?,26?,27?,28+,30?,31+,32+,34?,36+,37+/m0/s1. The van der Waals surface area contributed by atoms with Crippen LogP contribution in [0.15, 0.2) is 0 Å². The highest BCUT2D eigenvalue weighted by Crippen LogP contribution is 2.45. The first-order valence-corrected chi connectivity index (χ1v) is 18.9. The summed E-state index contributed by atoms with van der Waals surface area (Å²) in [6.45, 7) is 16.5. The first-order chi connectivity index (χ1) is 23.5. The molecule has 7 unspecified atom stereocenters. The number of nitrogens with zero attached hydrogens (tertiary/aromatic N) is 2. The first kappa shape index (κ1) is 39.3. The van der Waals surface area contributed by atoms with Crippen molar-refractivity contribution in [2.24, 2.45) is 29.6 Å². The molecule has 0 aromatic carbocycles. The number of amides is 1. The predicted molar refractivity (Wildman–Crippen MR) is 186 cm³/mol. The number of alkyl carbamates (subject to hydrolysis) is 1. The second-order valence-electron chi connectivity index (χ2n) is 16.5. The lowest BCUT2D eigenvalue weighted by Crippen LogP contribution is -2.60. The zero-order valence-electron chi connectivity index (χ0n) is 32.0. The predicted octanol–water partition coefficient (Wildman–Crippen LogP) is 2.57. The number of esters is 1. The van der Waals surface area contributed by atoms with Gasteiger partial charge in [-0.05, 0) is 91.8 Å². The number of fused-ring (bicyclic) bond motifs is 2. The molecule has 4 saturated heterocycles. The number of piperidine rings is 1. The molecule has 50 heavy (non-hydrogen) atoms. The largest absolute Gasteiger partial charge is 0.458 e. The number of cyclic esters (lactones) is 1. The van der Waals surface area contributed by atoms with Gasteiger partial charge in [-0.3, -0.25) is 9.59 Å². The molecule has 13 nitrogen and oxygen atoms in total. The number of likely N-dealkylation sites (tertiary alicyclic amines) is 1. The molecule has 0 radical (unpaired) electrons. The van der Waals surface area contributed by atoms with Gasteiger partial charge in [-0.25, -0.2) is 4.79 Å². The van der Waals surface area contributed by atoms with Gasteiger partial charge in [-0.1, -0.05) is 27.2 Å². The Balaban J connectivity index is 1.46. The number of hydrogen-bond acceptors (Lipinski definition) is 12. The third-order valence-electron chi connectivity index (χ3n) is 12.7. The second-order valence-corrected chi connectivity index (χ2v) is 16.5. The van der Waals surface area contributed by atoms with Crippen molar-refractivity contribution in [1.29, 1.82) is 0 Å². The minimum atomic E-state index is -1.15. The number of Topliss-reactive ketones (excluding diaryl/α,β-unsaturated/α-hetero) is 1. The molecular weight excluding hydrogens is 644 g/mol. The second kappa shape index (κ2) is 15.6. The summed E-state index contributed by atoms with van der Waals surface area (Å²) in [6, 6.07) is -0.932. The van der Waals surface area contributed by atoms with Gasteiger partial charge in [0.1, 0.15) is 18.1 Å². The highest BCUT2D eigenvalue weighted by molar-refractivity contribution is 6.00. The molecule has 1 amide bonds. The topological polar surface area (TPSA) is 148 Å². The fourth-order valence-corrected chi connectivity index (χ4v) is 9.21. The van der Waals surface area contributed by atoms with Crippen molar-refractivity contribution in [2.75, 3.05) is 47.4 Å². The number of ether oxygens (including phenoxy) is 5. The van der Waals surface area contributed by atoms with Crippen LogP contribution in [-0.4, -0.2) is 140 Å². The van der Waals surface area contributed by atoms with E-state index in [1.54, 1.807) is 27.9 Å². The van der Waals surface area contributed by atoms with Gasteiger partial charge in [0.2, 0.25) is 0 Å². The van der Waals surface area contributed by atoms with Crippen molar-refractivity contribution in [1.82, 2.24) is 20.4 Å². The van der Waals surface area contributed by atoms with E-state index in [1.807, 2.05) is 39.8 Å².